The van der Waals surface area contributed by atoms with Crippen LogP contribution in [0.4, 0.5) is 11.4 Å². The van der Waals surface area contributed by atoms with Crippen molar-refractivity contribution in [3.63, 3.8) is 0 Å². The van der Waals surface area contributed by atoms with Crippen LogP contribution in [0.25, 0.3) is 0 Å². The number of hydrogen-bond donors (Lipinski definition) is 2. The predicted molar refractivity (Wildman–Crippen MR) is 115 cm³/mol. The fourth-order valence-corrected chi connectivity index (χ4v) is 3.58. The third-order valence-electron chi connectivity index (χ3n) is 4.60. The first kappa shape index (κ1) is 19.0. The molecular formula is C20H22BrN3OS. The summed E-state index contributed by atoms with van der Waals surface area (Å²) in [6, 6.07) is 15.4. The van der Waals surface area contributed by atoms with Crippen molar-refractivity contribution in [1.82, 2.24) is 4.90 Å². The Bertz CT molecular complexity index is 786. The van der Waals surface area contributed by atoms with E-state index in [0.29, 0.717) is 5.11 Å². The Morgan fingerprint density at radius 2 is 1.73 bits per heavy atom. The Kier molecular flexibility index (Phi) is 6.40. The van der Waals surface area contributed by atoms with E-state index in [0.717, 1.165) is 47.3 Å². The van der Waals surface area contributed by atoms with Gasteiger partial charge in [0.25, 0.3) is 0 Å². The zero-order valence-electron chi connectivity index (χ0n) is 14.7. The van der Waals surface area contributed by atoms with Crippen LogP contribution >= 0.6 is 28.1 Å². The van der Waals surface area contributed by atoms with Crippen molar-refractivity contribution in [3.05, 3.63) is 58.6 Å². The number of likely N-dealkylation sites (tertiary alicyclic amines) is 1. The third-order valence-corrected chi connectivity index (χ3v) is 5.33. The summed E-state index contributed by atoms with van der Waals surface area (Å²) in [5.41, 5.74) is 2.47. The van der Waals surface area contributed by atoms with E-state index < -0.39 is 0 Å². The number of carbonyl (C=O) groups is 1. The van der Waals surface area contributed by atoms with E-state index in [1.165, 1.54) is 0 Å². The molecule has 0 spiro atoms. The number of benzene rings is 2. The van der Waals surface area contributed by atoms with Crippen molar-refractivity contribution in [2.45, 2.75) is 12.8 Å². The number of rotatable bonds is 4. The molecule has 136 valence electrons. The number of Topliss-reactive ketones (excluding diaryl/α,β-unsaturated/α-hetero) is 1. The molecule has 0 unspecified atom stereocenters. The van der Waals surface area contributed by atoms with Gasteiger partial charge in [0.15, 0.2) is 10.9 Å². The maximum absolute atomic E-state index is 12.8. The molecule has 4 nitrogen and oxygen atoms in total. The van der Waals surface area contributed by atoms with Gasteiger partial charge in [-0.1, -0.05) is 28.1 Å². The highest BCUT2D eigenvalue weighted by atomic mass is 79.9. The maximum Gasteiger partial charge on any atom is 0.175 e. The first-order valence-electron chi connectivity index (χ1n) is 8.67. The Balaban J connectivity index is 1.62. The van der Waals surface area contributed by atoms with Crippen molar-refractivity contribution >= 4 is 50.4 Å². The molecule has 2 aromatic carbocycles. The van der Waals surface area contributed by atoms with Gasteiger partial charge in [-0.15, -0.1) is 0 Å². The minimum Gasteiger partial charge on any atom is -0.332 e. The lowest BCUT2D eigenvalue weighted by Gasteiger charge is -2.28. The number of ketones is 1. The van der Waals surface area contributed by atoms with Crippen LogP contribution < -0.4 is 10.6 Å². The van der Waals surface area contributed by atoms with Gasteiger partial charge in [0.1, 0.15) is 0 Å². The molecule has 0 aromatic heterocycles. The minimum atomic E-state index is 0.120. The molecule has 26 heavy (non-hydrogen) atoms. The van der Waals surface area contributed by atoms with E-state index in [2.05, 4.69) is 38.5 Å². The van der Waals surface area contributed by atoms with Gasteiger partial charge in [0.2, 0.25) is 0 Å². The molecule has 0 atom stereocenters. The highest BCUT2D eigenvalue weighted by molar-refractivity contribution is 9.10. The number of hydrogen-bond acceptors (Lipinski definition) is 3. The molecule has 2 N–H and O–H groups in total. The molecule has 0 bridgehead atoms. The van der Waals surface area contributed by atoms with Crippen LogP contribution in [-0.4, -0.2) is 35.9 Å². The Morgan fingerprint density at radius 1 is 1.08 bits per heavy atom. The molecule has 1 aliphatic heterocycles. The summed E-state index contributed by atoms with van der Waals surface area (Å²) in [5.74, 6) is 0.350. The van der Waals surface area contributed by atoms with E-state index in [9.17, 15) is 4.79 Å². The van der Waals surface area contributed by atoms with Gasteiger partial charge in [-0.25, -0.2) is 0 Å². The average Bonchev–Trinajstić information content (AvgIpc) is 2.64. The SMILES string of the molecule is CN1CCC(C(=O)c2cccc(NC(=S)Nc3ccc(Br)cc3)c2)CC1. The van der Waals surface area contributed by atoms with Crippen LogP contribution in [0.15, 0.2) is 53.0 Å². The molecule has 1 saturated heterocycles. The van der Waals surface area contributed by atoms with Gasteiger partial charge >= 0.3 is 0 Å². The van der Waals surface area contributed by atoms with Crippen molar-refractivity contribution < 1.29 is 4.79 Å². The van der Waals surface area contributed by atoms with E-state index in [-0.39, 0.29) is 11.7 Å². The molecule has 1 fully saturated rings. The van der Waals surface area contributed by atoms with E-state index in [1.54, 1.807) is 0 Å². The van der Waals surface area contributed by atoms with Gasteiger partial charge in [0, 0.05) is 27.3 Å². The van der Waals surface area contributed by atoms with E-state index >= 15 is 0 Å². The summed E-state index contributed by atoms with van der Waals surface area (Å²) in [7, 11) is 2.10. The molecule has 1 heterocycles. The number of carbonyl (C=O) groups excluding carboxylic acids is 1. The molecular weight excluding hydrogens is 410 g/mol. The fraction of sp³-hybridized carbons (Fsp3) is 0.300. The zero-order valence-corrected chi connectivity index (χ0v) is 17.1. The summed E-state index contributed by atoms with van der Waals surface area (Å²) in [5, 5.41) is 6.80. The Morgan fingerprint density at radius 3 is 2.42 bits per heavy atom. The molecule has 1 aliphatic rings. The first-order chi connectivity index (χ1) is 12.5. The quantitative estimate of drug-likeness (QED) is 0.538. The second-order valence-electron chi connectivity index (χ2n) is 6.61. The van der Waals surface area contributed by atoms with Crippen molar-refractivity contribution in [2.75, 3.05) is 30.8 Å². The number of nitrogens with zero attached hydrogens (tertiary/aromatic N) is 1. The van der Waals surface area contributed by atoms with Gasteiger partial charge in [-0.3, -0.25) is 4.79 Å². The van der Waals surface area contributed by atoms with Crippen molar-refractivity contribution in [3.8, 4) is 0 Å². The lowest BCUT2D eigenvalue weighted by atomic mass is 9.89. The molecule has 6 heteroatoms. The zero-order chi connectivity index (χ0) is 18.5. The lowest BCUT2D eigenvalue weighted by molar-refractivity contribution is 0.0857. The molecule has 0 aliphatic carbocycles. The number of thiocarbonyl (C=S) groups is 1. The van der Waals surface area contributed by atoms with Crippen LogP contribution in [0.1, 0.15) is 23.2 Å². The molecule has 2 aromatic rings. The Hall–Kier alpha value is -1.76. The average molecular weight is 432 g/mol. The van der Waals surface area contributed by atoms with Crippen molar-refractivity contribution in [1.29, 1.82) is 0 Å². The number of halogens is 1. The number of nitrogens with one attached hydrogen (secondary N) is 2. The normalized spacial score (nSPS) is 15.5. The lowest BCUT2D eigenvalue weighted by Crippen LogP contribution is -2.33. The second-order valence-corrected chi connectivity index (χ2v) is 7.93. The largest absolute Gasteiger partial charge is 0.332 e. The summed E-state index contributed by atoms with van der Waals surface area (Å²) in [4.78, 5) is 15.0. The van der Waals surface area contributed by atoms with Gasteiger partial charge in [-0.2, -0.15) is 0 Å². The van der Waals surface area contributed by atoms with Gasteiger partial charge < -0.3 is 15.5 Å². The van der Waals surface area contributed by atoms with Crippen molar-refractivity contribution in [2.24, 2.45) is 5.92 Å². The van der Waals surface area contributed by atoms with Crippen LogP contribution in [0, 0.1) is 5.92 Å². The molecule has 0 saturated carbocycles. The standard InChI is InChI=1S/C20H22BrN3OS/c1-24-11-9-14(10-12-24)19(25)15-3-2-4-18(13-15)23-20(26)22-17-7-5-16(21)6-8-17/h2-8,13-14H,9-12H2,1H3,(H2,22,23,26). The second kappa shape index (κ2) is 8.75. The third kappa shape index (κ3) is 5.13. The summed E-state index contributed by atoms with van der Waals surface area (Å²) in [6.45, 7) is 1.96. The summed E-state index contributed by atoms with van der Waals surface area (Å²) in [6.07, 6.45) is 1.85. The molecule has 3 rings (SSSR count). The Labute approximate surface area is 168 Å². The van der Waals surface area contributed by atoms with E-state index in [1.807, 2.05) is 48.5 Å². The fourth-order valence-electron chi connectivity index (χ4n) is 3.08. The first-order valence-corrected chi connectivity index (χ1v) is 9.88. The molecule has 0 amide bonds. The van der Waals surface area contributed by atoms with Crippen LogP contribution in [0.2, 0.25) is 0 Å². The van der Waals surface area contributed by atoms with Crippen LogP contribution in [-0.2, 0) is 0 Å². The smallest absolute Gasteiger partial charge is 0.175 e. The number of piperidine rings is 1. The highest BCUT2D eigenvalue weighted by Gasteiger charge is 2.24. The monoisotopic (exact) mass is 431 g/mol. The minimum absolute atomic E-state index is 0.120. The topological polar surface area (TPSA) is 44.4 Å². The summed E-state index contributed by atoms with van der Waals surface area (Å²) < 4.78 is 1.02. The van der Waals surface area contributed by atoms with Gasteiger partial charge in [-0.05, 0) is 81.6 Å². The molecule has 0 radical (unpaired) electrons. The van der Waals surface area contributed by atoms with E-state index in [4.69, 9.17) is 12.2 Å². The van der Waals surface area contributed by atoms with Crippen LogP contribution in [0.5, 0.6) is 0 Å². The highest BCUT2D eigenvalue weighted by Crippen LogP contribution is 2.23. The van der Waals surface area contributed by atoms with Gasteiger partial charge in [0.05, 0.1) is 0 Å². The predicted octanol–water partition coefficient (Wildman–Crippen LogP) is 4.78. The maximum atomic E-state index is 12.8. The number of anilines is 2. The van der Waals surface area contributed by atoms with Crippen LogP contribution in [0.3, 0.4) is 0 Å². The summed E-state index contributed by atoms with van der Waals surface area (Å²) >= 11 is 8.79.